The number of allylic oxidation sites excluding steroid dienone is 7. The van der Waals surface area contributed by atoms with Gasteiger partial charge in [-0.15, -0.1) is 0 Å². The zero-order valence-electron chi connectivity index (χ0n) is 79.0. The van der Waals surface area contributed by atoms with E-state index < -0.39 is 232 Å². The fraction of sp³-hybridized carbons (Fsp3) is 0.543. The van der Waals surface area contributed by atoms with Crippen molar-refractivity contribution in [1.29, 1.82) is 0 Å². The summed E-state index contributed by atoms with van der Waals surface area (Å²) in [6.07, 6.45) is 7.81. The third kappa shape index (κ3) is 37.0. The van der Waals surface area contributed by atoms with Crippen LogP contribution in [0, 0.1) is 11.8 Å². The van der Waals surface area contributed by atoms with E-state index in [-0.39, 0.29) is 125 Å². The summed E-state index contributed by atoms with van der Waals surface area (Å²) in [6.45, 7) is 8.41. The van der Waals surface area contributed by atoms with Crippen LogP contribution in [0.15, 0.2) is 122 Å². The highest BCUT2D eigenvalue weighted by molar-refractivity contribution is 7.86. The minimum absolute atomic E-state index is 0.0180. The van der Waals surface area contributed by atoms with Crippen LogP contribution in [0.2, 0.25) is 0 Å². The number of carbonyl (C=O) groups is 15. The van der Waals surface area contributed by atoms with Crippen LogP contribution in [0.3, 0.4) is 0 Å². The van der Waals surface area contributed by atoms with Gasteiger partial charge in [0.25, 0.3) is 30.4 Å². The highest BCUT2D eigenvalue weighted by Gasteiger charge is 2.46. The SMILES string of the molecule is CC1(C)C(/C=C/C2=C(Oc3ccc(S(=O)(=O)O)cc3)C(=C/C=C3/N(CCCCS(=O)(=O)O)c4ccc(S(=O)(=O)O)cc4C3(C)C)/CCC2)=[N+](CCCCCC(=O)NCCCC[C@H](NC(=O)[C@H](CCC(=O)O)NC(=O)[C@H](CCC(=O)O)NC(=O)[C@H](CCC(=O)O)NC(=O)CCCCCNC(=O)C2CCC(CNC(=O)CC[C@H](NC(=O)N[C@@H](CCC(=O)O)C(=O)O)C(=O)O)CC2)C(N)=O)c2ccc(S(=O)(=O)[O-])cc21. The van der Waals surface area contributed by atoms with Gasteiger partial charge in [-0.05, 0) is 238 Å². The number of hydrogen-bond donors (Lipinski definition) is 19. The molecule has 2 aliphatic heterocycles. The third-order valence-electron chi connectivity index (χ3n) is 24.8. The predicted molar refractivity (Wildman–Crippen MR) is 506 cm³/mol. The molecule has 4 aliphatic rings. The van der Waals surface area contributed by atoms with E-state index in [0.717, 1.165) is 12.1 Å². The van der Waals surface area contributed by atoms with Crippen molar-refractivity contribution in [1.82, 2.24) is 47.9 Å². The van der Waals surface area contributed by atoms with Crippen molar-refractivity contribution in [3.63, 3.8) is 0 Å². The van der Waals surface area contributed by atoms with Gasteiger partial charge in [-0.2, -0.15) is 29.8 Å². The number of carbonyl (C=O) groups excluding carboxylic acids is 9. The minimum atomic E-state index is -4.95. The Kier molecular flexibility index (Phi) is 43.8. The Labute approximate surface area is 821 Å². The molecular weight excluding hydrogens is 1950 g/mol. The zero-order valence-corrected chi connectivity index (χ0v) is 82.3. The maximum Gasteiger partial charge on any atom is 0.326 e. The van der Waals surface area contributed by atoms with Crippen molar-refractivity contribution in [2.45, 2.75) is 282 Å². The Bertz CT molecular complexity index is 5810. The molecule has 0 radical (unpaired) electrons. The Balaban J connectivity index is 0.914. The van der Waals surface area contributed by atoms with Crippen molar-refractivity contribution in [2.75, 3.05) is 43.4 Å². The standard InChI is InChI=1S/C92H126N12O34S4/c1-91(2)63-52-61(141(132,133)134)31-38-71(63)103(73(91)40-25-56-16-15-17-57(82(56)138-59-27-29-60(30-28-59)140(129,130)131)26-41-74-92(3,4)64-53-62(142(135,136)137)32-39-72(64)104(74)50-13-14-51-139(126,127)128)49-12-6-8-19-75(105)94-47-11-9-18-65(83(93)116)98-86(119)67(35-44-79(110)111)100-87(120)68(36-45-80(112)113)99-85(118)66(34-43-78(108)109)97-77(107)20-7-5-10-48-95-84(117)58-23-21-55(22-24-58)54-96-76(106)42-33-69(88(121)122)101-90(125)102-70(89(123)124)37-46-81(114)115/h25-32,38-41,52-53,55,58,65-70H,5-24,33-37,42-51,54H2,1-4H3,(H20-,93,94,95,96,97,98,99,100,101,102,105,106,107,108,109,110,111,112,113,114,115,116,117,118,119,120,121,122,123,124,125,126,127,128,129,130,131,132,133,134,135,136,137)/t55?,58?,65-,66-,67-,68-,69-,70-/m0/s1. The number of nitrogens with two attached hydrogens (primary N) is 1. The number of ether oxygens (including phenoxy) is 1. The average Bonchev–Trinajstić information content (AvgIpc) is 1.59. The van der Waals surface area contributed by atoms with Crippen molar-refractivity contribution in [3.05, 3.63) is 119 Å². The van der Waals surface area contributed by atoms with Crippen LogP contribution < -0.4 is 63.2 Å². The van der Waals surface area contributed by atoms with Gasteiger partial charge in [0.1, 0.15) is 64.4 Å². The lowest BCUT2D eigenvalue weighted by Crippen LogP contribution is -2.58. The van der Waals surface area contributed by atoms with E-state index >= 15 is 0 Å². The number of urea groups is 1. The Morgan fingerprint density at radius 1 is 0.493 bits per heavy atom. The van der Waals surface area contributed by atoms with Crippen LogP contribution >= 0.6 is 0 Å². The molecule has 46 nitrogen and oxygen atoms in total. The van der Waals surface area contributed by atoms with E-state index in [0.29, 0.717) is 134 Å². The number of nitrogens with one attached hydrogen (secondary N) is 9. The van der Waals surface area contributed by atoms with E-state index in [1.54, 1.807) is 0 Å². The Morgan fingerprint density at radius 3 is 1.54 bits per heavy atom. The number of anilines is 1. The largest absolute Gasteiger partial charge is 0.744 e. The zero-order chi connectivity index (χ0) is 105. The molecule has 50 heteroatoms. The fourth-order valence-electron chi connectivity index (χ4n) is 17.0. The number of carboxylic acid groups (broad SMARTS) is 6. The number of primary amides is 1. The smallest absolute Gasteiger partial charge is 0.326 e. The van der Waals surface area contributed by atoms with Crippen LogP contribution in [0.4, 0.5) is 16.2 Å². The lowest BCUT2D eigenvalue weighted by atomic mass is 9.81. The number of benzene rings is 3. The van der Waals surface area contributed by atoms with Gasteiger partial charge in [0.2, 0.25) is 52.9 Å². The second kappa shape index (κ2) is 53.5. The van der Waals surface area contributed by atoms with Crippen molar-refractivity contribution < 1.29 is 164 Å². The van der Waals surface area contributed by atoms with E-state index in [9.17, 15) is 149 Å². The lowest BCUT2D eigenvalue weighted by Gasteiger charge is -2.28. The molecule has 142 heavy (non-hydrogen) atoms. The van der Waals surface area contributed by atoms with E-state index in [4.69, 9.17) is 15.6 Å². The molecular formula is C92H126N12O34S4. The molecule has 0 unspecified atom stereocenters. The summed E-state index contributed by atoms with van der Waals surface area (Å²) in [6, 6.07) is 2.20. The topological polar surface area (TPSA) is 748 Å². The molecule has 0 spiro atoms. The minimum Gasteiger partial charge on any atom is -0.744 e. The van der Waals surface area contributed by atoms with Crippen LogP contribution in [0.25, 0.3) is 0 Å². The van der Waals surface area contributed by atoms with Crippen LogP contribution in [-0.4, -0.2) is 257 Å². The molecule has 20 N–H and O–H groups in total. The number of unbranched alkanes of at least 4 members (excludes halogenated alkanes) is 6. The second-order valence-electron chi connectivity index (χ2n) is 36.2. The number of carboxylic acids is 6. The van der Waals surface area contributed by atoms with E-state index in [1.165, 1.54) is 48.5 Å². The van der Waals surface area contributed by atoms with Gasteiger partial charge >= 0.3 is 41.8 Å². The molecule has 3 aromatic rings. The van der Waals surface area contributed by atoms with Crippen molar-refractivity contribution >= 4 is 147 Å². The molecule has 7 rings (SSSR count). The molecule has 2 heterocycles. The number of fused-ring (bicyclic) bond motifs is 2. The maximum absolute atomic E-state index is 14.1. The molecule has 0 bridgehead atoms. The average molecular weight is 2070 g/mol. The molecule has 782 valence electrons. The summed E-state index contributed by atoms with van der Waals surface area (Å²) in [7, 11) is -18.5. The number of amides is 10. The summed E-state index contributed by atoms with van der Waals surface area (Å²) in [5.74, 6) is -15.3. The van der Waals surface area contributed by atoms with Crippen molar-refractivity contribution in [3.8, 4) is 5.75 Å². The molecule has 1 saturated carbocycles. The van der Waals surface area contributed by atoms with Crippen LogP contribution in [-0.2, 0) is 118 Å². The fourth-order valence-corrected chi connectivity index (χ4v) is 19.1. The number of aliphatic carboxylic acids is 6. The van der Waals surface area contributed by atoms with Gasteiger partial charge in [-0.3, -0.25) is 71.2 Å². The first kappa shape index (κ1) is 116. The summed E-state index contributed by atoms with van der Waals surface area (Å²) >= 11 is 0. The van der Waals surface area contributed by atoms with Gasteiger partial charge < -0.3 is 98.4 Å². The summed E-state index contributed by atoms with van der Waals surface area (Å²) in [5.41, 5.74) is 8.52. The van der Waals surface area contributed by atoms with E-state index in [2.05, 4.69) is 42.5 Å². The molecule has 10 amide bonds. The van der Waals surface area contributed by atoms with Crippen LogP contribution in [0.1, 0.15) is 231 Å². The van der Waals surface area contributed by atoms with Gasteiger partial charge in [-0.1, -0.05) is 26.3 Å². The third-order valence-corrected chi connectivity index (χ3v) is 28.1. The lowest BCUT2D eigenvalue weighted by molar-refractivity contribution is -0.438. The first-order valence-electron chi connectivity index (χ1n) is 46.4. The first-order valence-corrected chi connectivity index (χ1v) is 52.3. The molecule has 2 aliphatic carbocycles. The normalized spacial score (nSPS) is 17.5. The van der Waals surface area contributed by atoms with E-state index in [1.807, 2.05) is 66.8 Å². The molecule has 3 aromatic carbocycles. The summed E-state index contributed by atoms with van der Waals surface area (Å²) in [5, 5.41) is 78.4. The van der Waals surface area contributed by atoms with Crippen LogP contribution in [0.5, 0.6) is 5.75 Å². The Hall–Kier alpha value is -12.6. The maximum atomic E-state index is 14.1. The predicted octanol–water partition coefficient (Wildman–Crippen LogP) is 5.13. The van der Waals surface area contributed by atoms with Gasteiger partial charge in [0.15, 0.2) is 5.71 Å². The monoisotopic (exact) mass is 2070 g/mol. The van der Waals surface area contributed by atoms with Gasteiger partial charge in [0, 0.05) is 118 Å². The highest BCUT2D eigenvalue weighted by atomic mass is 32.2. The molecule has 1 fully saturated rings. The number of rotatable bonds is 60. The van der Waals surface area contributed by atoms with Gasteiger partial charge in [0.05, 0.1) is 25.9 Å². The molecule has 6 atom stereocenters. The number of hydrogen-bond acceptors (Lipinski definition) is 26. The molecule has 0 aromatic heterocycles. The second-order valence-corrected chi connectivity index (χ2v) is 42.0. The molecule has 0 saturated heterocycles. The summed E-state index contributed by atoms with van der Waals surface area (Å²) < 4.78 is 148. The van der Waals surface area contributed by atoms with Crippen molar-refractivity contribution in [2.24, 2.45) is 17.6 Å². The first-order chi connectivity index (χ1) is 66.5. The number of nitrogens with zero attached hydrogens (tertiary/aromatic N) is 2. The summed E-state index contributed by atoms with van der Waals surface area (Å²) in [4.78, 5) is 190. The highest BCUT2D eigenvalue weighted by Crippen LogP contribution is 2.50. The van der Waals surface area contributed by atoms with Gasteiger partial charge in [-0.25, -0.2) is 22.8 Å². The Morgan fingerprint density at radius 2 is 0.993 bits per heavy atom. The quantitative estimate of drug-likeness (QED) is 0.0198.